The van der Waals surface area contributed by atoms with Crippen LogP contribution in [0.5, 0.6) is 0 Å². The summed E-state index contributed by atoms with van der Waals surface area (Å²) in [5.41, 5.74) is 10.0. The van der Waals surface area contributed by atoms with E-state index < -0.39 is 0 Å². The highest BCUT2D eigenvalue weighted by molar-refractivity contribution is 5.99. The van der Waals surface area contributed by atoms with E-state index in [1.165, 1.54) is 0 Å². The van der Waals surface area contributed by atoms with Crippen molar-refractivity contribution in [1.82, 2.24) is 24.7 Å². The van der Waals surface area contributed by atoms with Crippen molar-refractivity contribution in [3.63, 3.8) is 0 Å². The number of anilines is 1. The van der Waals surface area contributed by atoms with Crippen molar-refractivity contribution in [2.45, 2.75) is 19.8 Å². The molecule has 3 aromatic heterocycles. The number of fused-ring (bicyclic) bond motifs is 2. The van der Waals surface area contributed by atoms with Gasteiger partial charge in [0, 0.05) is 41.8 Å². The van der Waals surface area contributed by atoms with E-state index in [1.807, 2.05) is 28.8 Å². The van der Waals surface area contributed by atoms with Crippen molar-refractivity contribution in [2.75, 3.05) is 12.8 Å². The third-order valence-corrected chi connectivity index (χ3v) is 4.49. The number of nitrogens with zero attached hydrogens (tertiary/aromatic N) is 3. The van der Waals surface area contributed by atoms with Crippen LogP contribution in [0.15, 0.2) is 36.7 Å². The zero-order valence-corrected chi connectivity index (χ0v) is 14.9. The van der Waals surface area contributed by atoms with Crippen molar-refractivity contribution in [3.8, 4) is 11.4 Å². The molecule has 132 valence electrons. The highest BCUT2D eigenvalue weighted by atomic mass is 16.1. The first-order chi connectivity index (χ1) is 12.5. The van der Waals surface area contributed by atoms with Gasteiger partial charge in [-0.1, -0.05) is 19.9 Å². The SMILES string of the molecule is CNC(=O)c1ccc2cc(-c3nc(C(C)C)n4ccnc(N)c34)[nH]c2c1. The van der Waals surface area contributed by atoms with Gasteiger partial charge in [-0.15, -0.1) is 0 Å². The van der Waals surface area contributed by atoms with Gasteiger partial charge < -0.3 is 16.0 Å². The number of rotatable bonds is 3. The molecule has 26 heavy (non-hydrogen) atoms. The van der Waals surface area contributed by atoms with Crippen molar-refractivity contribution in [2.24, 2.45) is 0 Å². The number of nitrogens with one attached hydrogen (secondary N) is 2. The number of nitrogens with two attached hydrogens (primary N) is 1. The number of hydrogen-bond acceptors (Lipinski definition) is 4. The second-order valence-corrected chi connectivity index (χ2v) is 6.57. The van der Waals surface area contributed by atoms with Gasteiger partial charge in [-0.25, -0.2) is 9.97 Å². The lowest BCUT2D eigenvalue weighted by Gasteiger charge is -2.04. The number of benzene rings is 1. The van der Waals surface area contributed by atoms with Gasteiger partial charge >= 0.3 is 0 Å². The Labute approximate surface area is 150 Å². The van der Waals surface area contributed by atoms with Crippen LogP contribution in [0.2, 0.25) is 0 Å². The van der Waals surface area contributed by atoms with E-state index in [9.17, 15) is 4.79 Å². The Morgan fingerprint density at radius 1 is 1.31 bits per heavy atom. The lowest BCUT2D eigenvalue weighted by Crippen LogP contribution is -2.17. The summed E-state index contributed by atoms with van der Waals surface area (Å²) in [6.07, 6.45) is 3.56. The smallest absolute Gasteiger partial charge is 0.251 e. The molecule has 4 aromatic rings. The van der Waals surface area contributed by atoms with Crippen molar-refractivity contribution in [1.29, 1.82) is 0 Å². The predicted molar refractivity (Wildman–Crippen MR) is 102 cm³/mol. The van der Waals surface area contributed by atoms with E-state index >= 15 is 0 Å². The summed E-state index contributed by atoms with van der Waals surface area (Å²) in [7, 11) is 1.62. The Kier molecular flexibility index (Phi) is 3.64. The van der Waals surface area contributed by atoms with E-state index in [0.29, 0.717) is 11.4 Å². The minimum atomic E-state index is -0.119. The molecule has 1 amide bonds. The van der Waals surface area contributed by atoms with Gasteiger partial charge in [0.15, 0.2) is 0 Å². The zero-order valence-electron chi connectivity index (χ0n) is 14.9. The number of imidazole rings is 1. The normalized spacial score (nSPS) is 11.5. The molecule has 0 saturated carbocycles. The van der Waals surface area contributed by atoms with Crippen LogP contribution in [-0.4, -0.2) is 32.3 Å². The first-order valence-corrected chi connectivity index (χ1v) is 8.47. The summed E-state index contributed by atoms with van der Waals surface area (Å²) in [6.45, 7) is 4.19. The van der Waals surface area contributed by atoms with E-state index in [1.54, 1.807) is 19.3 Å². The maximum Gasteiger partial charge on any atom is 0.251 e. The summed E-state index contributed by atoms with van der Waals surface area (Å²) < 4.78 is 1.99. The Morgan fingerprint density at radius 2 is 2.12 bits per heavy atom. The Hall–Kier alpha value is -3.35. The van der Waals surface area contributed by atoms with E-state index in [0.717, 1.165) is 33.6 Å². The largest absolute Gasteiger partial charge is 0.382 e. The molecule has 1 aromatic carbocycles. The summed E-state index contributed by atoms with van der Waals surface area (Å²) in [5, 5.41) is 3.64. The fraction of sp³-hybridized carbons (Fsp3) is 0.211. The quantitative estimate of drug-likeness (QED) is 0.530. The average molecular weight is 348 g/mol. The number of hydrogen-bond donors (Lipinski definition) is 3. The third kappa shape index (κ3) is 2.40. The van der Waals surface area contributed by atoms with E-state index in [4.69, 9.17) is 10.7 Å². The first kappa shape index (κ1) is 16.1. The average Bonchev–Trinajstić information content (AvgIpc) is 3.22. The number of amides is 1. The van der Waals surface area contributed by atoms with Crippen LogP contribution in [0.1, 0.15) is 35.9 Å². The molecular formula is C19H20N6O. The fourth-order valence-corrected chi connectivity index (χ4v) is 3.22. The minimum absolute atomic E-state index is 0.119. The van der Waals surface area contributed by atoms with Crippen LogP contribution < -0.4 is 11.1 Å². The topological polar surface area (TPSA) is 101 Å². The minimum Gasteiger partial charge on any atom is -0.382 e. The highest BCUT2D eigenvalue weighted by Crippen LogP contribution is 2.32. The standard InChI is InChI=1S/C19H20N6O/c1-10(2)18-24-15(16-17(20)22-6-7-25(16)18)14-8-11-4-5-12(19(26)21-3)9-13(11)23-14/h4-10,23H,1-3H3,(H2,20,22)(H,21,26). The van der Waals surface area contributed by atoms with Crippen LogP contribution in [0.25, 0.3) is 27.8 Å². The molecule has 0 atom stereocenters. The molecule has 4 rings (SSSR count). The number of carbonyl (C=O) groups is 1. The molecule has 0 aliphatic heterocycles. The summed E-state index contributed by atoms with van der Waals surface area (Å²) in [6, 6.07) is 7.57. The maximum absolute atomic E-state index is 11.9. The van der Waals surface area contributed by atoms with Gasteiger partial charge in [0.25, 0.3) is 5.91 Å². The second kappa shape index (κ2) is 5.87. The van der Waals surface area contributed by atoms with E-state index in [-0.39, 0.29) is 11.8 Å². The highest BCUT2D eigenvalue weighted by Gasteiger charge is 2.19. The number of aromatic nitrogens is 4. The van der Waals surface area contributed by atoms with E-state index in [2.05, 4.69) is 29.1 Å². The zero-order chi connectivity index (χ0) is 18.4. The fourth-order valence-electron chi connectivity index (χ4n) is 3.22. The molecule has 4 N–H and O–H groups in total. The second-order valence-electron chi connectivity index (χ2n) is 6.57. The maximum atomic E-state index is 11.9. The number of carbonyl (C=O) groups excluding carboxylic acids is 1. The van der Waals surface area contributed by atoms with Crippen molar-refractivity contribution in [3.05, 3.63) is 48.0 Å². The first-order valence-electron chi connectivity index (χ1n) is 8.47. The molecule has 7 nitrogen and oxygen atoms in total. The molecule has 0 radical (unpaired) electrons. The van der Waals surface area contributed by atoms with Crippen LogP contribution in [0.3, 0.4) is 0 Å². The Bertz CT molecular complexity index is 1140. The molecule has 0 saturated heterocycles. The molecule has 0 bridgehead atoms. The van der Waals surface area contributed by atoms with Crippen LogP contribution in [0.4, 0.5) is 5.82 Å². The number of aromatic amines is 1. The Morgan fingerprint density at radius 3 is 2.85 bits per heavy atom. The molecule has 3 heterocycles. The van der Waals surface area contributed by atoms with Crippen LogP contribution in [-0.2, 0) is 0 Å². The van der Waals surface area contributed by atoms with Gasteiger partial charge in [-0.2, -0.15) is 0 Å². The third-order valence-electron chi connectivity index (χ3n) is 4.49. The van der Waals surface area contributed by atoms with Gasteiger partial charge in [0.1, 0.15) is 22.9 Å². The lowest BCUT2D eigenvalue weighted by atomic mass is 10.1. The summed E-state index contributed by atoms with van der Waals surface area (Å²) in [5.74, 6) is 1.48. The molecule has 0 fully saturated rings. The lowest BCUT2D eigenvalue weighted by molar-refractivity contribution is 0.0963. The molecular weight excluding hydrogens is 328 g/mol. The van der Waals surface area contributed by atoms with Gasteiger partial charge in [0.2, 0.25) is 0 Å². The van der Waals surface area contributed by atoms with Crippen LogP contribution >= 0.6 is 0 Å². The van der Waals surface area contributed by atoms with Gasteiger partial charge in [-0.3, -0.25) is 9.20 Å². The molecule has 0 aliphatic rings. The predicted octanol–water partition coefficient (Wildman–Crippen LogP) is 2.94. The summed E-state index contributed by atoms with van der Waals surface area (Å²) >= 11 is 0. The van der Waals surface area contributed by atoms with Gasteiger partial charge in [0.05, 0.1) is 5.69 Å². The molecule has 7 heteroatoms. The van der Waals surface area contributed by atoms with Crippen molar-refractivity contribution < 1.29 is 4.79 Å². The Balaban J connectivity index is 1.94. The monoisotopic (exact) mass is 348 g/mol. The molecule has 0 unspecified atom stereocenters. The molecule has 0 aliphatic carbocycles. The van der Waals surface area contributed by atoms with Crippen LogP contribution in [0, 0.1) is 0 Å². The number of nitrogen functional groups attached to an aromatic ring is 1. The number of H-pyrrole nitrogens is 1. The van der Waals surface area contributed by atoms with Crippen molar-refractivity contribution >= 4 is 28.1 Å². The molecule has 0 spiro atoms. The van der Waals surface area contributed by atoms with Gasteiger partial charge in [-0.05, 0) is 18.2 Å². The summed E-state index contributed by atoms with van der Waals surface area (Å²) in [4.78, 5) is 24.3.